The number of pyridine rings is 1. The Labute approximate surface area is 120 Å². The molecule has 1 heterocycles. The van der Waals surface area contributed by atoms with Crippen LogP contribution >= 0.6 is 15.9 Å². The Hall–Kier alpha value is -1.88. The molecule has 1 N–H and O–H groups in total. The molecule has 4 nitrogen and oxygen atoms in total. The summed E-state index contributed by atoms with van der Waals surface area (Å²) in [6, 6.07) is 11.1. The molecule has 1 aromatic carbocycles. The van der Waals surface area contributed by atoms with Gasteiger partial charge < -0.3 is 10.2 Å². The number of nitrogens with zero attached hydrogens (tertiary/aromatic N) is 2. The summed E-state index contributed by atoms with van der Waals surface area (Å²) in [5, 5.41) is 2.87. The van der Waals surface area contributed by atoms with Gasteiger partial charge in [-0.25, -0.2) is 4.98 Å². The lowest BCUT2D eigenvalue weighted by Gasteiger charge is -2.17. The number of carbonyl (C=O) groups is 1. The third kappa shape index (κ3) is 3.32. The maximum absolute atomic E-state index is 12.1. The molecule has 0 atom stereocenters. The number of hydrogen-bond donors (Lipinski definition) is 1. The third-order valence-electron chi connectivity index (χ3n) is 2.59. The van der Waals surface area contributed by atoms with Crippen LogP contribution < -0.4 is 10.2 Å². The molecular weight excluding hydrogens is 306 g/mol. The van der Waals surface area contributed by atoms with Crippen LogP contribution in [0.5, 0.6) is 0 Å². The lowest BCUT2D eigenvalue weighted by Crippen LogP contribution is -2.17. The zero-order chi connectivity index (χ0) is 13.8. The van der Waals surface area contributed by atoms with E-state index in [1.54, 1.807) is 18.3 Å². The summed E-state index contributed by atoms with van der Waals surface area (Å²) in [5.41, 5.74) is 2.10. The molecule has 1 amide bonds. The van der Waals surface area contributed by atoms with Gasteiger partial charge in [-0.2, -0.15) is 0 Å². The topological polar surface area (TPSA) is 45.2 Å². The Bertz CT molecular complexity index is 581. The summed E-state index contributed by atoms with van der Waals surface area (Å²) < 4.78 is 0.845. The van der Waals surface area contributed by atoms with Crippen molar-refractivity contribution < 1.29 is 4.79 Å². The highest BCUT2D eigenvalue weighted by molar-refractivity contribution is 9.10. The van der Waals surface area contributed by atoms with E-state index in [0.29, 0.717) is 5.69 Å². The van der Waals surface area contributed by atoms with Gasteiger partial charge in [-0.15, -0.1) is 0 Å². The smallest absolute Gasteiger partial charge is 0.274 e. The Balaban J connectivity index is 2.22. The van der Waals surface area contributed by atoms with E-state index in [-0.39, 0.29) is 5.91 Å². The van der Waals surface area contributed by atoms with Crippen molar-refractivity contribution in [3.8, 4) is 0 Å². The highest BCUT2D eigenvalue weighted by Gasteiger charge is 2.10. The van der Waals surface area contributed by atoms with Crippen LogP contribution in [0.25, 0.3) is 0 Å². The standard InChI is InChI=1S/C14H14BrN3O/c1-18(2)13-6-4-3-5-11(13)17-14(19)12-8-7-10(15)9-16-12/h3-9H,1-2H3,(H,17,19). The van der Waals surface area contributed by atoms with Crippen molar-refractivity contribution in [3.05, 3.63) is 52.8 Å². The Morgan fingerprint density at radius 3 is 2.58 bits per heavy atom. The van der Waals surface area contributed by atoms with E-state index in [4.69, 9.17) is 0 Å². The molecule has 0 aliphatic carbocycles. The molecule has 0 radical (unpaired) electrons. The molecule has 19 heavy (non-hydrogen) atoms. The van der Waals surface area contributed by atoms with Crippen molar-refractivity contribution in [2.45, 2.75) is 0 Å². The minimum absolute atomic E-state index is 0.221. The number of anilines is 2. The first-order chi connectivity index (χ1) is 9.08. The third-order valence-corrected chi connectivity index (χ3v) is 3.06. The van der Waals surface area contributed by atoms with E-state index in [1.165, 1.54) is 0 Å². The molecule has 0 spiro atoms. The van der Waals surface area contributed by atoms with E-state index in [1.807, 2.05) is 43.3 Å². The normalized spacial score (nSPS) is 10.1. The van der Waals surface area contributed by atoms with Crippen molar-refractivity contribution in [2.24, 2.45) is 0 Å². The molecular formula is C14H14BrN3O. The number of para-hydroxylation sites is 2. The summed E-state index contributed by atoms with van der Waals surface area (Å²) in [6.07, 6.45) is 1.60. The number of halogens is 1. The molecule has 1 aromatic heterocycles. The molecule has 0 bridgehead atoms. The van der Waals surface area contributed by atoms with E-state index in [9.17, 15) is 4.79 Å². The molecule has 5 heteroatoms. The number of hydrogen-bond acceptors (Lipinski definition) is 3. The monoisotopic (exact) mass is 319 g/mol. The summed E-state index contributed by atoms with van der Waals surface area (Å²) in [5.74, 6) is -0.221. The number of rotatable bonds is 3. The average Bonchev–Trinajstić information content (AvgIpc) is 2.39. The number of carbonyl (C=O) groups excluding carboxylic acids is 1. The molecule has 2 aromatic rings. The van der Waals surface area contributed by atoms with Crippen LogP contribution in [-0.2, 0) is 0 Å². The minimum atomic E-state index is -0.221. The summed E-state index contributed by atoms with van der Waals surface area (Å²) in [4.78, 5) is 18.1. The van der Waals surface area contributed by atoms with E-state index >= 15 is 0 Å². The molecule has 0 aliphatic rings. The predicted octanol–water partition coefficient (Wildman–Crippen LogP) is 3.16. The first-order valence-electron chi connectivity index (χ1n) is 5.77. The van der Waals surface area contributed by atoms with Crippen LogP contribution in [0.15, 0.2) is 47.1 Å². The van der Waals surface area contributed by atoms with Crippen molar-refractivity contribution in [1.29, 1.82) is 0 Å². The highest BCUT2D eigenvalue weighted by atomic mass is 79.9. The van der Waals surface area contributed by atoms with Gasteiger partial charge in [0.15, 0.2) is 0 Å². The number of aromatic nitrogens is 1. The maximum Gasteiger partial charge on any atom is 0.274 e. The first-order valence-corrected chi connectivity index (χ1v) is 6.56. The Morgan fingerprint density at radius 1 is 1.21 bits per heavy atom. The van der Waals surface area contributed by atoms with Crippen LogP contribution in [0.3, 0.4) is 0 Å². The van der Waals surface area contributed by atoms with Crippen LogP contribution in [0.1, 0.15) is 10.5 Å². The van der Waals surface area contributed by atoms with Crippen LogP contribution in [0.4, 0.5) is 11.4 Å². The molecule has 0 aliphatic heterocycles. The van der Waals surface area contributed by atoms with Crippen molar-refractivity contribution >= 4 is 33.2 Å². The molecule has 0 saturated carbocycles. The van der Waals surface area contributed by atoms with Crippen molar-refractivity contribution in [3.63, 3.8) is 0 Å². The summed E-state index contributed by atoms with van der Waals surface area (Å²) >= 11 is 3.29. The lowest BCUT2D eigenvalue weighted by molar-refractivity contribution is 0.102. The van der Waals surface area contributed by atoms with E-state index in [2.05, 4.69) is 26.2 Å². The quantitative estimate of drug-likeness (QED) is 0.945. The first kappa shape index (κ1) is 13.5. The average molecular weight is 320 g/mol. The fourth-order valence-electron chi connectivity index (χ4n) is 1.67. The van der Waals surface area contributed by atoms with Crippen LogP contribution in [-0.4, -0.2) is 25.0 Å². The van der Waals surface area contributed by atoms with Gasteiger partial charge >= 0.3 is 0 Å². The molecule has 0 saturated heterocycles. The Morgan fingerprint density at radius 2 is 1.95 bits per heavy atom. The van der Waals surface area contributed by atoms with Gasteiger partial charge in [-0.3, -0.25) is 4.79 Å². The lowest BCUT2D eigenvalue weighted by atomic mass is 10.2. The van der Waals surface area contributed by atoms with Crippen molar-refractivity contribution in [1.82, 2.24) is 4.98 Å². The van der Waals surface area contributed by atoms with Crippen molar-refractivity contribution in [2.75, 3.05) is 24.3 Å². The zero-order valence-corrected chi connectivity index (χ0v) is 12.3. The van der Waals surface area contributed by atoms with E-state index in [0.717, 1.165) is 15.8 Å². The SMILES string of the molecule is CN(C)c1ccccc1NC(=O)c1ccc(Br)cn1. The number of amides is 1. The fraction of sp³-hybridized carbons (Fsp3) is 0.143. The fourth-order valence-corrected chi connectivity index (χ4v) is 1.90. The molecule has 2 rings (SSSR count). The second kappa shape index (κ2) is 5.84. The molecule has 0 fully saturated rings. The minimum Gasteiger partial charge on any atom is -0.376 e. The zero-order valence-electron chi connectivity index (χ0n) is 10.7. The highest BCUT2D eigenvalue weighted by Crippen LogP contribution is 2.23. The van der Waals surface area contributed by atoms with Gasteiger partial charge in [0.1, 0.15) is 5.69 Å². The molecule has 0 unspecified atom stereocenters. The van der Waals surface area contributed by atoms with Gasteiger partial charge in [-0.1, -0.05) is 12.1 Å². The van der Waals surface area contributed by atoms with Gasteiger partial charge in [-0.05, 0) is 40.2 Å². The van der Waals surface area contributed by atoms with Gasteiger partial charge in [0.25, 0.3) is 5.91 Å². The molecule has 98 valence electrons. The maximum atomic E-state index is 12.1. The van der Waals surface area contributed by atoms with Crippen LogP contribution in [0.2, 0.25) is 0 Å². The number of nitrogens with one attached hydrogen (secondary N) is 1. The number of benzene rings is 1. The summed E-state index contributed by atoms with van der Waals surface area (Å²) in [7, 11) is 3.87. The van der Waals surface area contributed by atoms with Gasteiger partial charge in [0.2, 0.25) is 0 Å². The van der Waals surface area contributed by atoms with Crippen LogP contribution in [0, 0.1) is 0 Å². The van der Waals surface area contributed by atoms with E-state index < -0.39 is 0 Å². The second-order valence-electron chi connectivity index (χ2n) is 4.23. The predicted molar refractivity (Wildman–Crippen MR) is 80.7 cm³/mol. The summed E-state index contributed by atoms with van der Waals surface area (Å²) in [6.45, 7) is 0. The second-order valence-corrected chi connectivity index (χ2v) is 5.14. The van der Waals surface area contributed by atoms with Gasteiger partial charge in [0.05, 0.1) is 11.4 Å². The largest absolute Gasteiger partial charge is 0.376 e. The Kier molecular flexibility index (Phi) is 4.16. The van der Waals surface area contributed by atoms with Gasteiger partial charge in [0, 0.05) is 24.8 Å².